The molecule has 2 rings (SSSR count). The van der Waals surface area contributed by atoms with Crippen LogP contribution in [0.5, 0.6) is 0 Å². The van der Waals surface area contributed by atoms with Crippen molar-refractivity contribution in [2.45, 2.75) is 52.2 Å². The number of amides is 4. The summed E-state index contributed by atoms with van der Waals surface area (Å²) >= 11 is 0. The van der Waals surface area contributed by atoms with Crippen molar-refractivity contribution < 1.29 is 14.4 Å². The average molecular weight is 331 g/mol. The first-order chi connectivity index (χ1) is 11.3. The Balaban J connectivity index is 2.05. The third-order valence-electron chi connectivity index (χ3n) is 4.08. The Morgan fingerprint density at radius 2 is 1.71 bits per heavy atom. The summed E-state index contributed by atoms with van der Waals surface area (Å²) in [4.78, 5) is 39.8. The van der Waals surface area contributed by atoms with E-state index in [4.69, 9.17) is 0 Å². The molecule has 24 heavy (non-hydrogen) atoms. The summed E-state index contributed by atoms with van der Waals surface area (Å²) in [5, 5.41) is 2.67. The van der Waals surface area contributed by atoms with E-state index >= 15 is 0 Å². The first kappa shape index (κ1) is 18.0. The summed E-state index contributed by atoms with van der Waals surface area (Å²) in [5.41, 5.74) is 0.968. The predicted octanol–water partition coefficient (Wildman–Crippen LogP) is 1.79. The molecule has 0 aromatic heterocycles. The average Bonchev–Trinajstić information content (AvgIpc) is 2.75. The fourth-order valence-electron chi connectivity index (χ4n) is 3.10. The smallest absolute Gasteiger partial charge is 0.325 e. The first-order valence-corrected chi connectivity index (χ1v) is 8.28. The minimum atomic E-state index is -0.612. The van der Waals surface area contributed by atoms with Crippen molar-refractivity contribution in [3.05, 3.63) is 35.9 Å². The molecular weight excluding hydrogens is 306 g/mol. The van der Waals surface area contributed by atoms with E-state index in [-0.39, 0.29) is 30.4 Å². The highest BCUT2D eigenvalue weighted by Gasteiger charge is 2.39. The second-order valence-electron chi connectivity index (χ2n) is 6.60. The van der Waals surface area contributed by atoms with E-state index in [1.165, 1.54) is 0 Å². The molecule has 0 saturated carbocycles. The summed E-state index contributed by atoms with van der Waals surface area (Å²) in [7, 11) is 0. The van der Waals surface area contributed by atoms with E-state index in [9.17, 15) is 14.4 Å². The lowest BCUT2D eigenvalue weighted by molar-refractivity contribution is -0.139. The number of carbonyl (C=O) groups is 3. The van der Waals surface area contributed by atoms with Gasteiger partial charge in [-0.2, -0.15) is 0 Å². The van der Waals surface area contributed by atoms with Gasteiger partial charge in [-0.25, -0.2) is 4.79 Å². The first-order valence-electron chi connectivity index (χ1n) is 8.28. The van der Waals surface area contributed by atoms with Gasteiger partial charge in [0.25, 0.3) is 5.91 Å². The molecule has 1 aromatic carbocycles. The lowest BCUT2D eigenvalue weighted by Crippen LogP contribution is -2.48. The van der Waals surface area contributed by atoms with Gasteiger partial charge in [-0.1, -0.05) is 30.3 Å². The van der Waals surface area contributed by atoms with Crippen LogP contribution in [0.3, 0.4) is 0 Å². The van der Waals surface area contributed by atoms with Crippen molar-refractivity contribution in [1.29, 1.82) is 0 Å². The number of benzene rings is 1. The van der Waals surface area contributed by atoms with Crippen LogP contribution >= 0.6 is 0 Å². The fourth-order valence-corrected chi connectivity index (χ4v) is 3.10. The van der Waals surface area contributed by atoms with Gasteiger partial charge in [-0.05, 0) is 33.3 Å². The molecule has 1 aromatic rings. The Labute approximate surface area is 142 Å². The van der Waals surface area contributed by atoms with Crippen LogP contribution in [0.15, 0.2) is 30.3 Å². The van der Waals surface area contributed by atoms with Gasteiger partial charge in [0.05, 0.1) is 0 Å². The quantitative estimate of drug-likeness (QED) is 0.808. The van der Waals surface area contributed by atoms with Gasteiger partial charge in [0.15, 0.2) is 0 Å². The number of hydrogen-bond donors (Lipinski definition) is 1. The highest BCUT2D eigenvalue weighted by molar-refractivity contribution is 6.06. The zero-order chi connectivity index (χ0) is 17.9. The minimum Gasteiger partial charge on any atom is -0.336 e. The molecule has 130 valence electrons. The molecule has 6 nitrogen and oxygen atoms in total. The maximum atomic E-state index is 12.5. The number of hydrogen-bond acceptors (Lipinski definition) is 3. The molecule has 6 heteroatoms. The Kier molecular flexibility index (Phi) is 5.59. The zero-order valence-corrected chi connectivity index (χ0v) is 14.7. The Morgan fingerprint density at radius 1 is 1.12 bits per heavy atom. The number of rotatable bonds is 6. The molecule has 1 aliphatic rings. The fraction of sp³-hybridized carbons (Fsp3) is 0.500. The van der Waals surface area contributed by atoms with Crippen molar-refractivity contribution in [1.82, 2.24) is 15.1 Å². The van der Waals surface area contributed by atoms with Gasteiger partial charge in [-0.3, -0.25) is 14.5 Å². The lowest BCUT2D eigenvalue weighted by Gasteiger charge is -2.31. The maximum Gasteiger partial charge on any atom is 0.325 e. The summed E-state index contributed by atoms with van der Waals surface area (Å²) in [5.74, 6) is -0.562. The van der Waals surface area contributed by atoms with E-state index in [0.717, 1.165) is 10.5 Å². The number of imide groups is 1. The van der Waals surface area contributed by atoms with Gasteiger partial charge in [0.1, 0.15) is 12.6 Å². The molecule has 1 fully saturated rings. The van der Waals surface area contributed by atoms with Crippen molar-refractivity contribution in [2.24, 2.45) is 0 Å². The minimum absolute atomic E-state index is 0.0124. The molecule has 0 aliphatic carbocycles. The van der Waals surface area contributed by atoms with E-state index in [2.05, 4.69) is 5.32 Å². The number of carbonyl (C=O) groups excluding carboxylic acids is 3. The van der Waals surface area contributed by atoms with Crippen LogP contribution in [0.25, 0.3) is 0 Å². The Hall–Kier alpha value is -2.37. The number of nitrogens with one attached hydrogen (secondary N) is 1. The van der Waals surface area contributed by atoms with Crippen molar-refractivity contribution in [3.8, 4) is 0 Å². The SMILES string of the molecule is CC(C)N(C(=O)CN1C(=O)NC(Cc2ccccc2)C1=O)C(C)C. The molecule has 1 saturated heterocycles. The normalized spacial score (nSPS) is 17.6. The van der Waals surface area contributed by atoms with Crippen LogP contribution in [0.1, 0.15) is 33.3 Å². The van der Waals surface area contributed by atoms with Gasteiger partial charge in [0, 0.05) is 18.5 Å². The molecule has 1 N–H and O–H groups in total. The van der Waals surface area contributed by atoms with Crippen molar-refractivity contribution >= 4 is 17.8 Å². The number of nitrogens with zero attached hydrogens (tertiary/aromatic N) is 2. The van der Waals surface area contributed by atoms with E-state index in [1.54, 1.807) is 4.90 Å². The highest BCUT2D eigenvalue weighted by Crippen LogP contribution is 2.14. The van der Waals surface area contributed by atoms with Crippen LogP contribution in [0, 0.1) is 0 Å². The molecule has 0 radical (unpaired) electrons. The van der Waals surface area contributed by atoms with Crippen molar-refractivity contribution in [2.75, 3.05) is 6.54 Å². The topological polar surface area (TPSA) is 69.7 Å². The van der Waals surface area contributed by atoms with Gasteiger partial charge in [0.2, 0.25) is 5.91 Å². The summed E-state index contributed by atoms with van der Waals surface area (Å²) in [6, 6.07) is 8.41. The molecule has 1 unspecified atom stereocenters. The van der Waals surface area contributed by atoms with Crippen molar-refractivity contribution in [3.63, 3.8) is 0 Å². The summed E-state index contributed by atoms with van der Waals surface area (Å²) < 4.78 is 0. The second-order valence-corrected chi connectivity index (χ2v) is 6.60. The number of urea groups is 1. The molecular formula is C18H25N3O3. The van der Waals surface area contributed by atoms with Gasteiger partial charge < -0.3 is 10.2 Å². The monoisotopic (exact) mass is 331 g/mol. The zero-order valence-electron chi connectivity index (χ0n) is 14.7. The standard InChI is InChI=1S/C18H25N3O3/c1-12(2)21(13(3)4)16(22)11-20-17(23)15(19-18(20)24)10-14-8-6-5-7-9-14/h5-9,12-13,15H,10-11H2,1-4H3,(H,19,24). The summed E-state index contributed by atoms with van der Waals surface area (Å²) in [6.07, 6.45) is 0.425. The highest BCUT2D eigenvalue weighted by atomic mass is 16.2. The van der Waals surface area contributed by atoms with Gasteiger partial charge >= 0.3 is 6.03 Å². The van der Waals surface area contributed by atoms with Crippen LogP contribution in [-0.4, -0.2) is 52.3 Å². The molecule has 0 bridgehead atoms. The maximum absolute atomic E-state index is 12.5. The predicted molar refractivity (Wildman–Crippen MR) is 91.3 cm³/mol. The van der Waals surface area contributed by atoms with Crippen LogP contribution in [-0.2, 0) is 16.0 Å². The third-order valence-corrected chi connectivity index (χ3v) is 4.08. The van der Waals surface area contributed by atoms with Crippen LogP contribution < -0.4 is 5.32 Å². The third kappa shape index (κ3) is 3.93. The molecule has 1 atom stereocenters. The molecule has 0 spiro atoms. The van der Waals surface area contributed by atoms with E-state index < -0.39 is 12.1 Å². The van der Waals surface area contributed by atoms with E-state index in [1.807, 2.05) is 58.0 Å². The van der Waals surface area contributed by atoms with Crippen LogP contribution in [0.2, 0.25) is 0 Å². The largest absolute Gasteiger partial charge is 0.336 e. The Bertz CT molecular complexity index is 605. The van der Waals surface area contributed by atoms with Crippen LogP contribution in [0.4, 0.5) is 4.79 Å². The van der Waals surface area contributed by atoms with Gasteiger partial charge in [-0.15, -0.1) is 0 Å². The molecule has 1 heterocycles. The second kappa shape index (κ2) is 7.47. The lowest BCUT2D eigenvalue weighted by atomic mass is 10.1. The summed E-state index contributed by atoms with van der Waals surface area (Å²) in [6.45, 7) is 7.46. The van der Waals surface area contributed by atoms with E-state index in [0.29, 0.717) is 6.42 Å². The molecule has 1 aliphatic heterocycles. The molecule has 4 amide bonds. The Morgan fingerprint density at radius 3 is 2.25 bits per heavy atom.